The smallest absolute Gasteiger partial charge is 0.157 e. The minimum Gasteiger partial charge on any atom is -0.383 e. The molecule has 0 amide bonds. The summed E-state index contributed by atoms with van der Waals surface area (Å²) in [6, 6.07) is 11.8. The fraction of sp³-hybridized carbons (Fsp3) is 0. The zero-order valence-corrected chi connectivity index (χ0v) is 8.54. The first kappa shape index (κ1) is 8.91. The molecule has 0 saturated carbocycles. The van der Waals surface area contributed by atoms with E-state index in [1.54, 1.807) is 10.7 Å². The number of nitrogens with two attached hydrogens (primary N) is 1. The number of nitrogens with zero attached hydrogens (tertiary/aromatic N) is 3. The molecule has 3 aromatic rings. The van der Waals surface area contributed by atoms with Crippen LogP contribution in [0.15, 0.2) is 48.8 Å². The van der Waals surface area contributed by atoms with Crippen molar-refractivity contribution in [2.75, 3.05) is 5.73 Å². The first-order chi connectivity index (χ1) is 7.84. The highest BCUT2D eigenvalue weighted by Crippen LogP contribution is 2.23. The molecule has 0 radical (unpaired) electrons. The highest BCUT2D eigenvalue weighted by Gasteiger charge is 2.06. The maximum atomic E-state index is 5.93. The maximum Gasteiger partial charge on any atom is 0.157 e. The predicted molar refractivity (Wildman–Crippen MR) is 62.8 cm³/mol. The van der Waals surface area contributed by atoms with Crippen molar-refractivity contribution in [3.8, 4) is 11.1 Å². The highest BCUT2D eigenvalue weighted by atomic mass is 15.2. The number of nitrogen functional groups attached to an aromatic ring is 1. The molecule has 0 aliphatic heterocycles. The largest absolute Gasteiger partial charge is 0.383 e. The van der Waals surface area contributed by atoms with Crippen molar-refractivity contribution in [2.24, 2.45) is 0 Å². The molecule has 2 aromatic heterocycles. The number of benzene rings is 1. The van der Waals surface area contributed by atoms with E-state index in [0.29, 0.717) is 5.82 Å². The molecule has 0 spiro atoms. The van der Waals surface area contributed by atoms with Gasteiger partial charge in [0, 0.05) is 17.8 Å². The molecule has 0 bridgehead atoms. The number of fused-ring (bicyclic) bond motifs is 1. The SMILES string of the molecule is Nc1nc2ccnn2cc1-c1ccccc1. The van der Waals surface area contributed by atoms with Crippen LogP contribution in [0.25, 0.3) is 16.8 Å². The monoisotopic (exact) mass is 210 g/mol. The molecule has 0 aliphatic rings. The standard InChI is InChI=1S/C12H10N4/c13-12-10(9-4-2-1-3-5-9)8-16-11(15-12)6-7-14-16/h1-8H,(H2,13,15). The molecule has 0 saturated heterocycles. The molecular weight excluding hydrogens is 200 g/mol. The van der Waals surface area contributed by atoms with Gasteiger partial charge in [0.2, 0.25) is 0 Å². The quantitative estimate of drug-likeness (QED) is 0.668. The van der Waals surface area contributed by atoms with Crippen molar-refractivity contribution in [1.82, 2.24) is 14.6 Å². The summed E-state index contributed by atoms with van der Waals surface area (Å²) < 4.78 is 1.72. The number of aromatic nitrogens is 3. The molecule has 2 N–H and O–H groups in total. The lowest BCUT2D eigenvalue weighted by Crippen LogP contribution is -1.99. The van der Waals surface area contributed by atoms with Gasteiger partial charge >= 0.3 is 0 Å². The Labute approximate surface area is 92.4 Å². The summed E-state index contributed by atoms with van der Waals surface area (Å²) in [6.45, 7) is 0. The van der Waals surface area contributed by atoms with Crippen LogP contribution in [0.5, 0.6) is 0 Å². The van der Waals surface area contributed by atoms with E-state index in [4.69, 9.17) is 5.73 Å². The summed E-state index contributed by atoms with van der Waals surface area (Å²) in [6.07, 6.45) is 3.60. The molecule has 0 unspecified atom stereocenters. The summed E-state index contributed by atoms with van der Waals surface area (Å²) in [5.74, 6) is 0.527. The Morgan fingerprint density at radius 3 is 2.69 bits per heavy atom. The zero-order valence-electron chi connectivity index (χ0n) is 8.54. The topological polar surface area (TPSA) is 56.2 Å². The third-order valence-electron chi connectivity index (χ3n) is 2.50. The Bertz CT molecular complexity index is 628. The van der Waals surface area contributed by atoms with Gasteiger partial charge in [0.25, 0.3) is 0 Å². The van der Waals surface area contributed by atoms with E-state index in [2.05, 4.69) is 10.1 Å². The molecule has 3 rings (SSSR count). The summed E-state index contributed by atoms with van der Waals surface area (Å²) in [7, 11) is 0. The molecule has 0 fully saturated rings. The second-order valence-corrected chi connectivity index (χ2v) is 3.54. The average Bonchev–Trinajstić information content (AvgIpc) is 2.76. The van der Waals surface area contributed by atoms with Crippen LogP contribution in [0.3, 0.4) is 0 Å². The van der Waals surface area contributed by atoms with Crippen molar-refractivity contribution in [1.29, 1.82) is 0 Å². The molecular formula is C12H10N4. The van der Waals surface area contributed by atoms with E-state index in [9.17, 15) is 0 Å². The third-order valence-corrected chi connectivity index (χ3v) is 2.50. The normalized spacial score (nSPS) is 10.8. The highest BCUT2D eigenvalue weighted by molar-refractivity contribution is 5.74. The van der Waals surface area contributed by atoms with E-state index >= 15 is 0 Å². The fourth-order valence-corrected chi connectivity index (χ4v) is 1.71. The summed E-state index contributed by atoms with van der Waals surface area (Å²) in [5, 5.41) is 4.14. The lowest BCUT2D eigenvalue weighted by atomic mass is 10.1. The second-order valence-electron chi connectivity index (χ2n) is 3.54. The van der Waals surface area contributed by atoms with E-state index < -0.39 is 0 Å². The zero-order chi connectivity index (χ0) is 11.0. The van der Waals surface area contributed by atoms with Crippen molar-refractivity contribution in [2.45, 2.75) is 0 Å². The third kappa shape index (κ3) is 1.32. The molecule has 4 heteroatoms. The van der Waals surface area contributed by atoms with Crippen molar-refractivity contribution >= 4 is 11.5 Å². The lowest BCUT2D eigenvalue weighted by molar-refractivity contribution is 0.943. The van der Waals surface area contributed by atoms with Crippen molar-refractivity contribution in [3.05, 3.63) is 48.8 Å². The molecule has 16 heavy (non-hydrogen) atoms. The van der Waals surface area contributed by atoms with Gasteiger partial charge in [-0.05, 0) is 5.56 Å². The number of hydrogen-bond donors (Lipinski definition) is 1. The Balaban J connectivity index is 2.27. The van der Waals surface area contributed by atoms with Gasteiger partial charge in [0.05, 0.1) is 6.20 Å². The van der Waals surface area contributed by atoms with E-state index in [1.807, 2.05) is 42.6 Å². The molecule has 4 nitrogen and oxygen atoms in total. The second kappa shape index (κ2) is 3.34. The van der Waals surface area contributed by atoms with Crippen LogP contribution in [-0.2, 0) is 0 Å². The summed E-state index contributed by atoms with van der Waals surface area (Å²) in [5.41, 5.74) is 8.63. The van der Waals surface area contributed by atoms with Crippen LogP contribution in [0.1, 0.15) is 0 Å². The van der Waals surface area contributed by atoms with Crippen LogP contribution in [0.4, 0.5) is 5.82 Å². The van der Waals surface area contributed by atoms with Gasteiger partial charge in [-0.1, -0.05) is 30.3 Å². The molecule has 1 aromatic carbocycles. The summed E-state index contributed by atoms with van der Waals surface area (Å²) >= 11 is 0. The van der Waals surface area contributed by atoms with Gasteiger partial charge in [0.15, 0.2) is 5.65 Å². The van der Waals surface area contributed by atoms with Crippen LogP contribution in [-0.4, -0.2) is 14.6 Å². The maximum absolute atomic E-state index is 5.93. The van der Waals surface area contributed by atoms with Gasteiger partial charge in [-0.15, -0.1) is 0 Å². The molecule has 0 aliphatic carbocycles. The fourth-order valence-electron chi connectivity index (χ4n) is 1.71. The Morgan fingerprint density at radius 1 is 1.06 bits per heavy atom. The first-order valence-corrected chi connectivity index (χ1v) is 5.00. The number of anilines is 1. The first-order valence-electron chi connectivity index (χ1n) is 5.00. The van der Waals surface area contributed by atoms with Gasteiger partial charge in [-0.3, -0.25) is 0 Å². The van der Waals surface area contributed by atoms with Crippen molar-refractivity contribution < 1.29 is 0 Å². The van der Waals surface area contributed by atoms with E-state index in [1.165, 1.54) is 0 Å². The van der Waals surface area contributed by atoms with Gasteiger partial charge in [-0.2, -0.15) is 5.10 Å². The van der Waals surface area contributed by atoms with Crippen LogP contribution in [0, 0.1) is 0 Å². The number of hydrogen-bond acceptors (Lipinski definition) is 3. The van der Waals surface area contributed by atoms with Crippen LogP contribution < -0.4 is 5.73 Å². The van der Waals surface area contributed by atoms with Gasteiger partial charge in [0.1, 0.15) is 5.82 Å². The van der Waals surface area contributed by atoms with Gasteiger partial charge in [-0.25, -0.2) is 9.50 Å². The van der Waals surface area contributed by atoms with Gasteiger partial charge < -0.3 is 5.73 Å². The van der Waals surface area contributed by atoms with E-state index in [-0.39, 0.29) is 0 Å². The average molecular weight is 210 g/mol. The minimum atomic E-state index is 0.527. The summed E-state index contributed by atoms with van der Waals surface area (Å²) in [4.78, 5) is 4.29. The van der Waals surface area contributed by atoms with E-state index in [0.717, 1.165) is 16.8 Å². The molecule has 2 heterocycles. The Morgan fingerprint density at radius 2 is 1.88 bits per heavy atom. The van der Waals surface area contributed by atoms with Crippen LogP contribution >= 0.6 is 0 Å². The van der Waals surface area contributed by atoms with Crippen molar-refractivity contribution in [3.63, 3.8) is 0 Å². The Hall–Kier alpha value is -2.36. The predicted octanol–water partition coefficient (Wildman–Crippen LogP) is 1.98. The van der Waals surface area contributed by atoms with Crippen LogP contribution in [0.2, 0.25) is 0 Å². The Kier molecular flexibility index (Phi) is 1.86. The molecule has 0 atom stereocenters. The lowest BCUT2D eigenvalue weighted by Gasteiger charge is -2.05. The number of rotatable bonds is 1. The minimum absolute atomic E-state index is 0.527. The molecule has 78 valence electrons.